The Labute approximate surface area is 154 Å². The lowest BCUT2D eigenvalue weighted by Crippen LogP contribution is -2.33. The van der Waals surface area contributed by atoms with E-state index in [-0.39, 0.29) is 4.90 Å². The molecule has 0 saturated carbocycles. The van der Waals surface area contributed by atoms with Gasteiger partial charge in [0.15, 0.2) is 0 Å². The molecule has 0 bridgehead atoms. The minimum Gasteiger partial charge on any atom is -0.359 e. The number of hydrogen-bond acceptors (Lipinski definition) is 2. The fourth-order valence-corrected chi connectivity index (χ4v) is 3.85. The molecule has 0 aliphatic rings. The second-order valence-corrected chi connectivity index (χ2v) is 8.20. The summed E-state index contributed by atoms with van der Waals surface area (Å²) in [5, 5.41) is 0. The van der Waals surface area contributed by atoms with Crippen molar-refractivity contribution in [1.29, 1.82) is 0 Å². The van der Waals surface area contributed by atoms with Gasteiger partial charge in [0.2, 0.25) is 0 Å². The summed E-state index contributed by atoms with van der Waals surface area (Å²) in [6.07, 6.45) is 7.15. The highest BCUT2D eigenvalue weighted by atomic mass is 32.2. The Morgan fingerprint density at radius 2 is 1.52 bits per heavy atom. The Morgan fingerprint density at radius 3 is 2.04 bits per heavy atom. The van der Waals surface area contributed by atoms with E-state index in [4.69, 9.17) is 0 Å². The highest BCUT2D eigenvalue weighted by Gasteiger charge is 2.17. The molecule has 142 valence electrons. The molecule has 0 N–H and O–H groups in total. The molecule has 1 aromatic rings. The molecule has 5 heteroatoms. The maximum Gasteiger partial charge on any atom is 0.283 e. The van der Waals surface area contributed by atoms with Gasteiger partial charge in [-0.25, -0.2) is 0 Å². The Balaban J connectivity index is 3.08. The lowest BCUT2D eigenvalue weighted by atomic mass is 10.1. The van der Waals surface area contributed by atoms with E-state index >= 15 is 0 Å². The smallest absolute Gasteiger partial charge is 0.283 e. The van der Waals surface area contributed by atoms with Crippen LogP contribution in [0.15, 0.2) is 33.6 Å². The minimum atomic E-state index is -3.65. The number of sulfonamides is 1. The molecule has 0 unspecified atom stereocenters. The van der Waals surface area contributed by atoms with Gasteiger partial charge in [-0.15, -0.1) is 4.40 Å². The van der Waals surface area contributed by atoms with Crippen LogP contribution in [0.5, 0.6) is 0 Å². The van der Waals surface area contributed by atoms with Gasteiger partial charge in [0, 0.05) is 19.5 Å². The van der Waals surface area contributed by atoms with Crippen molar-refractivity contribution in [2.75, 3.05) is 13.1 Å². The van der Waals surface area contributed by atoms with Crippen LogP contribution in [0.25, 0.3) is 0 Å². The molecule has 4 nitrogen and oxygen atoms in total. The van der Waals surface area contributed by atoms with E-state index in [1.54, 1.807) is 12.1 Å². The van der Waals surface area contributed by atoms with Gasteiger partial charge in [0.1, 0.15) is 5.84 Å². The first-order valence-corrected chi connectivity index (χ1v) is 11.0. The van der Waals surface area contributed by atoms with Crippen molar-refractivity contribution in [3.8, 4) is 0 Å². The molecule has 0 aromatic heterocycles. The lowest BCUT2D eigenvalue weighted by molar-refractivity contribution is 0.406. The van der Waals surface area contributed by atoms with Crippen molar-refractivity contribution < 1.29 is 8.42 Å². The normalized spacial score (nSPS) is 12.4. The maximum atomic E-state index is 12.7. The van der Waals surface area contributed by atoms with E-state index in [2.05, 4.69) is 30.1 Å². The van der Waals surface area contributed by atoms with Crippen LogP contribution in [0.2, 0.25) is 0 Å². The number of rotatable bonds is 11. The maximum absolute atomic E-state index is 12.7. The zero-order valence-electron chi connectivity index (χ0n) is 16.3. The molecular formula is C20H34N2O2S. The van der Waals surface area contributed by atoms with Crippen LogP contribution < -0.4 is 0 Å². The monoisotopic (exact) mass is 366 g/mol. The quantitative estimate of drug-likeness (QED) is 0.308. The summed E-state index contributed by atoms with van der Waals surface area (Å²) in [5.74, 6) is 0.723. The van der Waals surface area contributed by atoms with Gasteiger partial charge in [-0.2, -0.15) is 8.42 Å². The van der Waals surface area contributed by atoms with Gasteiger partial charge in [-0.3, -0.25) is 0 Å². The molecule has 1 aromatic carbocycles. The Bertz CT molecular complexity index is 616. The van der Waals surface area contributed by atoms with Crippen LogP contribution >= 0.6 is 0 Å². The van der Waals surface area contributed by atoms with E-state index < -0.39 is 10.0 Å². The summed E-state index contributed by atoms with van der Waals surface area (Å²) in [6.45, 7) is 10.1. The van der Waals surface area contributed by atoms with E-state index in [0.717, 1.165) is 56.6 Å². The van der Waals surface area contributed by atoms with Crippen molar-refractivity contribution in [3.05, 3.63) is 29.8 Å². The van der Waals surface area contributed by atoms with Crippen LogP contribution in [0.4, 0.5) is 0 Å². The average molecular weight is 367 g/mol. The highest BCUT2D eigenvalue weighted by molar-refractivity contribution is 7.90. The molecule has 1 rings (SSSR count). The topological polar surface area (TPSA) is 49.7 Å². The molecule has 0 radical (unpaired) electrons. The van der Waals surface area contributed by atoms with E-state index in [1.165, 1.54) is 12.8 Å². The van der Waals surface area contributed by atoms with Gasteiger partial charge in [-0.1, -0.05) is 57.7 Å². The van der Waals surface area contributed by atoms with Crippen molar-refractivity contribution in [2.45, 2.75) is 77.5 Å². The van der Waals surface area contributed by atoms with E-state index in [0.29, 0.717) is 0 Å². The fourth-order valence-electron chi connectivity index (χ4n) is 2.78. The van der Waals surface area contributed by atoms with Crippen molar-refractivity contribution in [2.24, 2.45) is 4.40 Å². The van der Waals surface area contributed by atoms with Crippen LogP contribution in [0.3, 0.4) is 0 Å². The molecular weight excluding hydrogens is 332 g/mol. The van der Waals surface area contributed by atoms with Crippen LogP contribution in [-0.4, -0.2) is 32.2 Å². The molecule has 0 spiro atoms. The Hall–Kier alpha value is -1.36. The Morgan fingerprint density at radius 1 is 0.920 bits per heavy atom. The number of unbranched alkanes of at least 4 members (excludes halogenated alkanes) is 3. The summed E-state index contributed by atoms with van der Waals surface area (Å²) in [6, 6.07) is 6.93. The summed E-state index contributed by atoms with van der Waals surface area (Å²) >= 11 is 0. The zero-order chi connectivity index (χ0) is 18.7. The summed E-state index contributed by atoms with van der Waals surface area (Å²) in [4.78, 5) is 2.43. The largest absolute Gasteiger partial charge is 0.359 e. The van der Waals surface area contributed by atoms with Gasteiger partial charge in [0.05, 0.1) is 4.90 Å². The number of hydrogen-bond donors (Lipinski definition) is 0. The summed E-state index contributed by atoms with van der Waals surface area (Å²) in [7, 11) is -3.65. The molecule has 0 aliphatic heterocycles. The molecule has 0 atom stereocenters. The zero-order valence-corrected chi connectivity index (χ0v) is 17.1. The SMILES string of the molecule is CCCCCCC(=NS(=O)(=O)c1ccc(C)cc1)N(CCC)CCC. The Kier molecular flexibility index (Phi) is 9.79. The third-order valence-corrected chi connectivity index (χ3v) is 5.47. The van der Waals surface area contributed by atoms with Crippen molar-refractivity contribution >= 4 is 15.9 Å². The first-order valence-electron chi connectivity index (χ1n) is 9.60. The third kappa shape index (κ3) is 7.59. The highest BCUT2D eigenvalue weighted by Crippen LogP contribution is 2.16. The second-order valence-electron chi connectivity index (χ2n) is 6.59. The first-order chi connectivity index (χ1) is 11.9. The standard InChI is InChI=1S/C20H34N2O2S/c1-5-8-9-10-11-20(22(16-6-2)17-7-3)21-25(23,24)19-14-12-18(4)13-15-19/h12-15H,5-11,16-17H2,1-4H3. The molecule has 0 heterocycles. The number of aryl methyl sites for hydroxylation is 1. The number of benzene rings is 1. The number of nitrogens with zero attached hydrogens (tertiary/aromatic N) is 2. The van der Waals surface area contributed by atoms with Gasteiger partial charge < -0.3 is 4.90 Å². The fraction of sp³-hybridized carbons (Fsp3) is 0.650. The first kappa shape index (κ1) is 21.7. The predicted molar refractivity (Wildman–Crippen MR) is 107 cm³/mol. The van der Waals surface area contributed by atoms with E-state index in [9.17, 15) is 8.42 Å². The van der Waals surface area contributed by atoms with Crippen LogP contribution in [0.1, 0.15) is 71.3 Å². The molecule has 25 heavy (non-hydrogen) atoms. The molecule has 0 saturated heterocycles. The van der Waals surface area contributed by atoms with Crippen molar-refractivity contribution in [3.63, 3.8) is 0 Å². The van der Waals surface area contributed by atoms with Gasteiger partial charge >= 0.3 is 0 Å². The lowest BCUT2D eigenvalue weighted by Gasteiger charge is -2.25. The van der Waals surface area contributed by atoms with Crippen LogP contribution in [-0.2, 0) is 10.0 Å². The predicted octanol–water partition coefficient (Wildman–Crippen LogP) is 5.17. The summed E-state index contributed by atoms with van der Waals surface area (Å²) in [5.41, 5.74) is 1.04. The average Bonchev–Trinajstić information content (AvgIpc) is 2.58. The second kappa shape index (κ2) is 11.3. The van der Waals surface area contributed by atoms with Gasteiger partial charge in [0.25, 0.3) is 10.0 Å². The molecule has 0 fully saturated rings. The third-order valence-electron chi connectivity index (χ3n) is 4.15. The van der Waals surface area contributed by atoms with Crippen molar-refractivity contribution in [1.82, 2.24) is 4.90 Å². The van der Waals surface area contributed by atoms with Crippen LogP contribution in [0, 0.1) is 6.92 Å². The molecule has 0 aliphatic carbocycles. The number of amidine groups is 1. The summed E-state index contributed by atoms with van der Waals surface area (Å²) < 4.78 is 29.7. The van der Waals surface area contributed by atoms with Gasteiger partial charge in [-0.05, 0) is 38.3 Å². The minimum absolute atomic E-state index is 0.275. The molecule has 0 amide bonds. The van der Waals surface area contributed by atoms with E-state index in [1.807, 2.05) is 19.1 Å².